The summed E-state index contributed by atoms with van der Waals surface area (Å²) in [6, 6.07) is 12.0. The maximum absolute atomic E-state index is 12.9. The molecule has 0 aliphatic heterocycles. The summed E-state index contributed by atoms with van der Waals surface area (Å²) in [6.45, 7) is 6.08. The highest BCUT2D eigenvalue weighted by atomic mass is 32.2. The Labute approximate surface area is 165 Å². The fourth-order valence-corrected chi connectivity index (χ4v) is 4.10. The normalized spacial score (nSPS) is 13.0. The van der Waals surface area contributed by atoms with E-state index in [2.05, 4.69) is 0 Å². The molecule has 0 fully saturated rings. The van der Waals surface area contributed by atoms with Crippen molar-refractivity contribution in [3.8, 4) is 0 Å². The van der Waals surface area contributed by atoms with Gasteiger partial charge in [-0.15, -0.1) is 0 Å². The van der Waals surface area contributed by atoms with Crippen molar-refractivity contribution in [2.75, 3.05) is 13.1 Å². The Hall–Kier alpha value is -2.51. The Kier molecular flexibility index (Phi) is 7.48. The Balaban J connectivity index is 2.02. The van der Waals surface area contributed by atoms with Crippen LogP contribution in [-0.4, -0.2) is 31.8 Å². The molecule has 0 bridgehead atoms. The first-order valence-corrected chi connectivity index (χ1v) is 10.5. The summed E-state index contributed by atoms with van der Waals surface area (Å²) in [6.07, 6.45) is 2.31. The van der Waals surface area contributed by atoms with Crippen LogP contribution in [0.5, 0.6) is 0 Å². The minimum absolute atomic E-state index is 0.209. The average Bonchev–Trinajstić information content (AvgIpc) is 2.68. The molecule has 28 heavy (non-hydrogen) atoms. The smallest absolute Gasteiger partial charge is 0.331 e. The van der Waals surface area contributed by atoms with Crippen LogP contribution < -0.4 is 0 Å². The number of sulfonamides is 1. The van der Waals surface area contributed by atoms with E-state index < -0.39 is 22.1 Å². The molecule has 1 atom stereocenters. The molecule has 2 aromatic rings. The van der Waals surface area contributed by atoms with Crippen molar-refractivity contribution < 1.29 is 22.3 Å². The van der Waals surface area contributed by atoms with Gasteiger partial charge >= 0.3 is 5.97 Å². The van der Waals surface area contributed by atoms with E-state index in [1.807, 2.05) is 0 Å². The Morgan fingerprint density at radius 1 is 1.07 bits per heavy atom. The van der Waals surface area contributed by atoms with Gasteiger partial charge in [-0.05, 0) is 48.4 Å². The molecule has 0 heterocycles. The maximum Gasteiger partial charge on any atom is 0.331 e. The Morgan fingerprint density at radius 3 is 2.18 bits per heavy atom. The van der Waals surface area contributed by atoms with Crippen molar-refractivity contribution in [2.45, 2.75) is 31.8 Å². The van der Waals surface area contributed by atoms with Crippen LogP contribution in [0, 0.1) is 5.82 Å². The predicted octanol–water partition coefficient (Wildman–Crippen LogP) is 4.17. The van der Waals surface area contributed by atoms with E-state index >= 15 is 0 Å². The molecule has 0 aliphatic rings. The van der Waals surface area contributed by atoms with Crippen molar-refractivity contribution in [2.24, 2.45) is 0 Å². The molecule has 1 unspecified atom stereocenters. The number of rotatable bonds is 8. The molecule has 0 saturated carbocycles. The zero-order valence-electron chi connectivity index (χ0n) is 16.1. The number of carbonyl (C=O) groups excluding carboxylic acids is 1. The van der Waals surface area contributed by atoms with Gasteiger partial charge in [0, 0.05) is 19.2 Å². The average molecular weight is 405 g/mol. The van der Waals surface area contributed by atoms with E-state index in [1.165, 1.54) is 34.6 Å². The van der Waals surface area contributed by atoms with Crippen LogP contribution in [0.1, 0.15) is 38.0 Å². The zero-order chi connectivity index (χ0) is 20.7. The topological polar surface area (TPSA) is 63.7 Å². The van der Waals surface area contributed by atoms with E-state index in [0.717, 1.165) is 0 Å². The lowest BCUT2D eigenvalue weighted by molar-refractivity contribution is -0.142. The molecule has 0 N–H and O–H groups in total. The minimum Gasteiger partial charge on any atom is -0.455 e. The van der Waals surface area contributed by atoms with Gasteiger partial charge in [0.2, 0.25) is 10.0 Å². The van der Waals surface area contributed by atoms with Gasteiger partial charge < -0.3 is 4.74 Å². The van der Waals surface area contributed by atoms with Crippen molar-refractivity contribution in [1.29, 1.82) is 0 Å². The van der Waals surface area contributed by atoms with Crippen LogP contribution in [0.2, 0.25) is 0 Å². The molecular weight excluding hydrogens is 381 g/mol. The maximum atomic E-state index is 12.9. The quantitative estimate of drug-likeness (QED) is 0.488. The van der Waals surface area contributed by atoms with Crippen LogP contribution in [-0.2, 0) is 19.6 Å². The summed E-state index contributed by atoms with van der Waals surface area (Å²) in [7, 11) is -3.51. The first-order valence-electron chi connectivity index (χ1n) is 9.02. The Bertz CT molecular complexity index is 918. The number of benzene rings is 2. The second-order valence-electron chi connectivity index (χ2n) is 6.12. The van der Waals surface area contributed by atoms with Crippen molar-refractivity contribution >= 4 is 22.1 Å². The number of hydrogen-bond acceptors (Lipinski definition) is 4. The van der Waals surface area contributed by atoms with E-state index in [9.17, 15) is 17.6 Å². The van der Waals surface area contributed by atoms with Crippen molar-refractivity contribution in [3.05, 3.63) is 71.6 Å². The van der Waals surface area contributed by atoms with Crippen molar-refractivity contribution in [3.63, 3.8) is 0 Å². The molecule has 2 aromatic carbocycles. The molecule has 0 aliphatic carbocycles. The first kappa shape index (κ1) is 21.8. The Morgan fingerprint density at radius 2 is 1.64 bits per heavy atom. The molecule has 5 nitrogen and oxygen atoms in total. The molecular formula is C21H24FNO4S. The molecule has 0 spiro atoms. The third-order valence-electron chi connectivity index (χ3n) is 4.27. The fraction of sp³-hybridized carbons (Fsp3) is 0.286. The molecule has 2 rings (SSSR count). The second-order valence-corrected chi connectivity index (χ2v) is 8.06. The van der Waals surface area contributed by atoms with E-state index in [4.69, 9.17) is 4.74 Å². The second kappa shape index (κ2) is 9.61. The number of halogens is 1. The van der Waals surface area contributed by atoms with E-state index in [-0.39, 0.29) is 10.7 Å². The van der Waals surface area contributed by atoms with Gasteiger partial charge in [0.05, 0.1) is 4.90 Å². The van der Waals surface area contributed by atoms with Gasteiger partial charge in [-0.25, -0.2) is 17.6 Å². The monoisotopic (exact) mass is 405 g/mol. The van der Waals surface area contributed by atoms with Crippen LogP contribution >= 0.6 is 0 Å². The number of ether oxygens (including phenoxy) is 1. The van der Waals surface area contributed by atoms with E-state index in [0.29, 0.717) is 24.2 Å². The lowest BCUT2D eigenvalue weighted by atomic mass is 10.1. The van der Waals surface area contributed by atoms with Crippen LogP contribution in [0.15, 0.2) is 59.5 Å². The SMILES string of the molecule is CCN(CC)S(=O)(=O)c1ccc(/C=C/C(=O)OC(C)c2ccc(F)cc2)cc1. The fourth-order valence-electron chi connectivity index (χ4n) is 2.64. The summed E-state index contributed by atoms with van der Waals surface area (Å²) in [5, 5.41) is 0. The summed E-state index contributed by atoms with van der Waals surface area (Å²) in [4.78, 5) is 12.2. The van der Waals surface area contributed by atoms with Gasteiger partial charge in [-0.1, -0.05) is 38.1 Å². The molecule has 0 radical (unpaired) electrons. The van der Waals surface area contributed by atoms with Gasteiger partial charge in [0.15, 0.2) is 0 Å². The third-order valence-corrected chi connectivity index (χ3v) is 6.33. The molecule has 150 valence electrons. The van der Waals surface area contributed by atoms with E-state index in [1.54, 1.807) is 51.1 Å². The number of hydrogen-bond donors (Lipinski definition) is 0. The third kappa shape index (κ3) is 5.50. The van der Waals surface area contributed by atoms with Crippen LogP contribution in [0.3, 0.4) is 0 Å². The highest BCUT2D eigenvalue weighted by molar-refractivity contribution is 7.89. The number of nitrogens with zero attached hydrogens (tertiary/aromatic N) is 1. The molecule has 7 heteroatoms. The largest absolute Gasteiger partial charge is 0.455 e. The highest BCUT2D eigenvalue weighted by Crippen LogP contribution is 2.19. The van der Waals surface area contributed by atoms with Gasteiger partial charge in [-0.2, -0.15) is 4.31 Å². The highest BCUT2D eigenvalue weighted by Gasteiger charge is 2.20. The standard InChI is InChI=1S/C21H24FNO4S/c1-4-23(5-2)28(25,26)20-13-6-17(7-14-20)8-15-21(24)27-16(3)18-9-11-19(22)12-10-18/h6-16H,4-5H2,1-3H3/b15-8+. The first-order chi connectivity index (χ1) is 13.3. The number of carbonyl (C=O) groups is 1. The molecule has 0 saturated heterocycles. The lowest BCUT2D eigenvalue weighted by Gasteiger charge is -2.18. The van der Waals surface area contributed by atoms with Gasteiger partial charge in [0.25, 0.3) is 0 Å². The van der Waals surface area contributed by atoms with Gasteiger partial charge in [0.1, 0.15) is 11.9 Å². The van der Waals surface area contributed by atoms with Gasteiger partial charge in [-0.3, -0.25) is 0 Å². The summed E-state index contributed by atoms with van der Waals surface area (Å²) in [5.74, 6) is -0.898. The summed E-state index contributed by atoms with van der Waals surface area (Å²) < 4.78 is 44.5. The van der Waals surface area contributed by atoms with Crippen LogP contribution in [0.25, 0.3) is 6.08 Å². The summed E-state index contributed by atoms with van der Waals surface area (Å²) in [5.41, 5.74) is 1.36. The van der Waals surface area contributed by atoms with Crippen LogP contribution in [0.4, 0.5) is 4.39 Å². The zero-order valence-corrected chi connectivity index (χ0v) is 16.9. The molecule has 0 aromatic heterocycles. The molecule has 0 amide bonds. The number of esters is 1. The predicted molar refractivity (Wildman–Crippen MR) is 106 cm³/mol. The lowest BCUT2D eigenvalue weighted by Crippen LogP contribution is -2.30. The minimum atomic E-state index is -3.51. The summed E-state index contributed by atoms with van der Waals surface area (Å²) >= 11 is 0. The van der Waals surface area contributed by atoms with Crippen molar-refractivity contribution in [1.82, 2.24) is 4.31 Å².